The summed E-state index contributed by atoms with van der Waals surface area (Å²) in [4.78, 5) is 0. The SMILES string of the molecule is Nc1ccccc1-c1cn([C@@H]2C[C@H](CO)C[C@H]2I)nn1. The van der Waals surface area contributed by atoms with Crippen LogP contribution in [0.4, 0.5) is 5.69 Å². The van der Waals surface area contributed by atoms with Crippen LogP contribution in [0.2, 0.25) is 0 Å². The van der Waals surface area contributed by atoms with Crippen LogP contribution in [-0.4, -0.2) is 30.6 Å². The molecule has 2 aromatic rings. The zero-order valence-corrected chi connectivity index (χ0v) is 13.1. The fourth-order valence-electron chi connectivity index (χ4n) is 2.78. The van der Waals surface area contributed by atoms with E-state index in [9.17, 15) is 5.11 Å². The molecule has 3 rings (SSSR count). The summed E-state index contributed by atoms with van der Waals surface area (Å²) in [6.07, 6.45) is 3.95. The van der Waals surface area contributed by atoms with E-state index in [4.69, 9.17) is 5.73 Å². The monoisotopic (exact) mass is 384 g/mol. The van der Waals surface area contributed by atoms with E-state index in [1.54, 1.807) is 0 Å². The average Bonchev–Trinajstić information content (AvgIpc) is 3.05. The summed E-state index contributed by atoms with van der Waals surface area (Å²) in [5.41, 5.74) is 8.41. The van der Waals surface area contributed by atoms with E-state index in [2.05, 4.69) is 32.9 Å². The molecule has 0 saturated heterocycles. The molecule has 0 aliphatic heterocycles. The van der Waals surface area contributed by atoms with Gasteiger partial charge in [0.1, 0.15) is 5.69 Å². The third kappa shape index (κ3) is 2.54. The normalized spacial score (nSPS) is 26.0. The Labute approximate surface area is 131 Å². The predicted molar refractivity (Wildman–Crippen MR) is 86.5 cm³/mol. The lowest BCUT2D eigenvalue weighted by atomic mass is 10.1. The van der Waals surface area contributed by atoms with E-state index in [1.165, 1.54) is 0 Å². The molecule has 1 aromatic carbocycles. The molecular weight excluding hydrogens is 367 g/mol. The van der Waals surface area contributed by atoms with E-state index in [0.29, 0.717) is 21.6 Å². The number of nitrogens with two attached hydrogens (primary N) is 1. The van der Waals surface area contributed by atoms with Crippen LogP contribution in [0.3, 0.4) is 0 Å². The molecule has 6 heteroatoms. The Balaban J connectivity index is 1.86. The van der Waals surface area contributed by atoms with Gasteiger partial charge in [0, 0.05) is 21.8 Å². The van der Waals surface area contributed by atoms with Crippen molar-refractivity contribution in [1.82, 2.24) is 15.0 Å². The van der Waals surface area contributed by atoms with Crippen molar-refractivity contribution in [2.45, 2.75) is 22.8 Å². The van der Waals surface area contributed by atoms with Crippen LogP contribution in [0, 0.1) is 5.92 Å². The molecule has 3 atom stereocenters. The molecule has 1 aromatic heterocycles. The number of nitrogen functional groups attached to an aromatic ring is 1. The Bertz CT molecular complexity index is 600. The first-order valence-electron chi connectivity index (χ1n) is 6.70. The Hall–Kier alpha value is -1.15. The maximum Gasteiger partial charge on any atom is 0.115 e. The molecule has 1 fully saturated rings. The second kappa shape index (κ2) is 5.69. The number of rotatable bonds is 3. The third-order valence-corrected chi connectivity index (χ3v) is 5.23. The minimum Gasteiger partial charge on any atom is -0.398 e. The van der Waals surface area contributed by atoms with Crippen molar-refractivity contribution in [2.75, 3.05) is 12.3 Å². The lowest BCUT2D eigenvalue weighted by Gasteiger charge is -2.13. The summed E-state index contributed by atoms with van der Waals surface area (Å²) >= 11 is 2.44. The number of aliphatic hydroxyl groups is 1. The molecule has 0 spiro atoms. The number of aromatic nitrogens is 3. The first-order valence-corrected chi connectivity index (χ1v) is 7.95. The largest absolute Gasteiger partial charge is 0.398 e. The van der Waals surface area contributed by atoms with Gasteiger partial charge in [-0.25, -0.2) is 4.68 Å². The molecule has 1 saturated carbocycles. The van der Waals surface area contributed by atoms with Gasteiger partial charge in [-0.2, -0.15) is 0 Å². The minimum atomic E-state index is 0.253. The Morgan fingerprint density at radius 3 is 2.85 bits per heavy atom. The second-order valence-corrected chi connectivity index (χ2v) is 6.87. The minimum absolute atomic E-state index is 0.253. The molecule has 0 amide bonds. The summed E-state index contributed by atoms with van der Waals surface area (Å²) in [5, 5.41) is 17.8. The van der Waals surface area contributed by atoms with Crippen LogP contribution in [0.1, 0.15) is 18.9 Å². The van der Waals surface area contributed by atoms with Crippen LogP contribution in [0.25, 0.3) is 11.3 Å². The average molecular weight is 384 g/mol. The molecule has 1 aliphatic carbocycles. The molecule has 0 bridgehead atoms. The molecule has 106 valence electrons. The van der Waals surface area contributed by atoms with Gasteiger partial charge in [-0.05, 0) is 24.8 Å². The van der Waals surface area contributed by atoms with E-state index in [1.807, 2.05) is 35.1 Å². The van der Waals surface area contributed by atoms with Crippen molar-refractivity contribution in [3.63, 3.8) is 0 Å². The standard InChI is InChI=1S/C14H17IN4O/c15-11-5-9(8-20)6-14(11)19-7-13(17-18-19)10-3-1-2-4-12(10)16/h1-4,7,9,11,14,20H,5-6,8,16H2/t9-,11-,14-/m1/s1. The van der Waals surface area contributed by atoms with Gasteiger partial charge < -0.3 is 10.8 Å². The second-order valence-electron chi connectivity index (χ2n) is 5.27. The Morgan fingerprint density at radius 1 is 1.35 bits per heavy atom. The summed E-state index contributed by atoms with van der Waals surface area (Å²) in [6.45, 7) is 0.253. The van der Waals surface area contributed by atoms with E-state index in [0.717, 1.165) is 24.1 Å². The van der Waals surface area contributed by atoms with Crippen molar-refractivity contribution >= 4 is 28.3 Å². The lowest BCUT2D eigenvalue weighted by Crippen LogP contribution is -2.14. The van der Waals surface area contributed by atoms with Crippen molar-refractivity contribution < 1.29 is 5.11 Å². The quantitative estimate of drug-likeness (QED) is 0.484. The summed E-state index contributed by atoms with van der Waals surface area (Å²) in [6, 6.07) is 7.98. The van der Waals surface area contributed by atoms with Crippen molar-refractivity contribution in [2.24, 2.45) is 5.92 Å². The maximum absolute atomic E-state index is 9.30. The topological polar surface area (TPSA) is 77.0 Å². The van der Waals surface area contributed by atoms with Crippen molar-refractivity contribution in [1.29, 1.82) is 0 Å². The highest BCUT2D eigenvalue weighted by atomic mass is 127. The number of para-hydroxylation sites is 1. The van der Waals surface area contributed by atoms with Crippen LogP contribution in [0.5, 0.6) is 0 Å². The van der Waals surface area contributed by atoms with Crippen LogP contribution in [0.15, 0.2) is 30.5 Å². The lowest BCUT2D eigenvalue weighted by molar-refractivity contribution is 0.225. The third-order valence-electron chi connectivity index (χ3n) is 3.90. The number of nitrogens with zero attached hydrogens (tertiary/aromatic N) is 3. The predicted octanol–water partition coefficient (Wildman–Crippen LogP) is 2.27. The summed E-state index contributed by atoms with van der Waals surface area (Å²) in [7, 11) is 0. The van der Waals surface area contributed by atoms with E-state index in [-0.39, 0.29) is 6.61 Å². The van der Waals surface area contributed by atoms with Gasteiger partial charge in [0.2, 0.25) is 0 Å². The maximum atomic E-state index is 9.30. The van der Waals surface area contributed by atoms with Gasteiger partial charge in [0.05, 0.1) is 12.2 Å². The van der Waals surface area contributed by atoms with E-state index < -0.39 is 0 Å². The van der Waals surface area contributed by atoms with Gasteiger partial charge in [-0.15, -0.1) is 5.10 Å². The Morgan fingerprint density at radius 2 is 2.15 bits per heavy atom. The molecule has 1 heterocycles. The fraction of sp³-hybridized carbons (Fsp3) is 0.429. The number of hydrogen-bond donors (Lipinski definition) is 2. The molecule has 1 aliphatic rings. The van der Waals surface area contributed by atoms with Crippen molar-refractivity contribution in [3.05, 3.63) is 30.5 Å². The molecule has 3 N–H and O–H groups in total. The van der Waals surface area contributed by atoms with Gasteiger partial charge >= 0.3 is 0 Å². The fourth-order valence-corrected chi connectivity index (χ4v) is 4.12. The number of aliphatic hydroxyl groups excluding tert-OH is 1. The van der Waals surface area contributed by atoms with E-state index >= 15 is 0 Å². The summed E-state index contributed by atoms with van der Waals surface area (Å²) in [5.74, 6) is 0.372. The zero-order valence-electron chi connectivity index (χ0n) is 11.0. The number of alkyl halides is 1. The van der Waals surface area contributed by atoms with Gasteiger partial charge in [0.25, 0.3) is 0 Å². The van der Waals surface area contributed by atoms with Crippen molar-refractivity contribution in [3.8, 4) is 11.3 Å². The molecule has 0 radical (unpaired) electrons. The van der Waals surface area contributed by atoms with Crippen LogP contribution >= 0.6 is 22.6 Å². The van der Waals surface area contributed by atoms with Gasteiger partial charge in [-0.3, -0.25) is 0 Å². The summed E-state index contributed by atoms with van der Waals surface area (Å²) < 4.78 is 2.40. The highest BCUT2D eigenvalue weighted by Gasteiger charge is 2.34. The molecule has 5 nitrogen and oxygen atoms in total. The smallest absolute Gasteiger partial charge is 0.115 e. The number of halogens is 1. The van der Waals surface area contributed by atoms with Gasteiger partial charge in [0.15, 0.2) is 0 Å². The molecule has 0 unspecified atom stereocenters. The zero-order chi connectivity index (χ0) is 14.1. The van der Waals surface area contributed by atoms with Gasteiger partial charge in [-0.1, -0.05) is 46.0 Å². The molecule has 20 heavy (non-hydrogen) atoms. The number of benzene rings is 1. The van der Waals surface area contributed by atoms with Crippen LogP contribution < -0.4 is 5.73 Å². The first kappa shape index (κ1) is 13.8. The Kier molecular flexibility index (Phi) is 3.93. The molecular formula is C14H17IN4O. The number of anilines is 1. The highest BCUT2D eigenvalue weighted by Crippen LogP contribution is 2.39. The first-order chi connectivity index (χ1) is 9.69. The highest BCUT2D eigenvalue weighted by molar-refractivity contribution is 14.1. The number of hydrogen-bond acceptors (Lipinski definition) is 4. The van der Waals surface area contributed by atoms with Crippen LogP contribution in [-0.2, 0) is 0 Å².